The highest BCUT2D eigenvalue weighted by atomic mass is 35.5. The van der Waals surface area contributed by atoms with Gasteiger partial charge in [0.25, 0.3) is 5.91 Å². The van der Waals surface area contributed by atoms with Crippen LogP contribution >= 0.6 is 22.9 Å². The Kier molecular flexibility index (Phi) is 6.28. The minimum atomic E-state index is -0.300. The van der Waals surface area contributed by atoms with Crippen molar-refractivity contribution in [3.63, 3.8) is 0 Å². The Hall–Kier alpha value is -2.19. The number of hydrogen-bond acceptors (Lipinski definition) is 5. The van der Waals surface area contributed by atoms with E-state index in [1.165, 1.54) is 11.3 Å². The van der Waals surface area contributed by atoms with Crippen LogP contribution in [-0.4, -0.2) is 46.2 Å². The molecule has 1 saturated heterocycles. The SMILES string of the molecule is CC(C)NC(=O)N1CCC[C@H](c2nnc(C(=O)Nc3ccc(Cl)cc3)s2)C1. The van der Waals surface area contributed by atoms with Gasteiger partial charge in [-0.3, -0.25) is 4.79 Å². The third kappa shape index (κ3) is 5.17. The number of nitrogens with one attached hydrogen (secondary N) is 2. The van der Waals surface area contributed by atoms with Crippen molar-refractivity contribution < 1.29 is 9.59 Å². The largest absolute Gasteiger partial charge is 0.336 e. The highest BCUT2D eigenvalue weighted by Crippen LogP contribution is 2.29. The van der Waals surface area contributed by atoms with E-state index in [1.807, 2.05) is 18.7 Å². The topological polar surface area (TPSA) is 87.2 Å². The summed E-state index contributed by atoms with van der Waals surface area (Å²) in [7, 11) is 0. The van der Waals surface area contributed by atoms with Crippen LogP contribution in [0.1, 0.15) is 47.4 Å². The quantitative estimate of drug-likeness (QED) is 0.808. The Balaban J connectivity index is 1.63. The second kappa shape index (κ2) is 8.67. The number of piperidine rings is 1. The fraction of sp³-hybridized carbons (Fsp3) is 0.444. The van der Waals surface area contributed by atoms with Crippen molar-refractivity contribution in [3.8, 4) is 0 Å². The zero-order chi connectivity index (χ0) is 19.4. The van der Waals surface area contributed by atoms with E-state index < -0.39 is 0 Å². The highest BCUT2D eigenvalue weighted by Gasteiger charge is 2.28. The fourth-order valence-corrected chi connectivity index (χ4v) is 3.90. The maximum Gasteiger partial charge on any atom is 0.317 e. The summed E-state index contributed by atoms with van der Waals surface area (Å²) in [5.74, 6) is -0.197. The molecular formula is C18H22ClN5O2S. The molecule has 3 rings (SSSR count). The molecule has 9 heteroatoms. The van der Waals surface area contributed by atoms with E-state index in [2.05, 4.69) is 20.8 Å². The van der Waals surface area contributed by atoms with Crippen molar-refractivity contribution in [2.45, 2.75) is 38.6 Å². The molecular weight excluding hydrogens is 386 g/mol. The molecule has 1 aromatic carbocycles. The molecule has 144 valence electrons. The number of hydrogen-bond donors (Lipinski definition) is 2. The van der Waals surface area contributed by atoms with E-state index in [0.29, 0.717) is 22.3 Å². The third-order valence-corrected chi connectivity index (χ3v) is 5.54. The van der Waals surface area contributed by atoms with Gasteiger partial charge in [0, 0.05) is 35.8 Å². The average molecular weight is 408 g/mol. The van der Waals surface area contributed by atoms with Gasteiger partial charge >= 0.3 is 6.03 Å². The van der Waals surface area contributed by atoms with Crippen LogP contribution in [0.15, 0.2) is 24.3 Å². The predicted octanol–water partition coefficient (Wildman–Crippen LogP) is 3.74. The number of halogens is 1. The number of nitrogens with zero attached hydrogens (tertiary/aromatic N) is 3. The molecule has 27 heavy (non-hydrogen) atoms. The van der Waals surface area contributed by atoms with Gasteiger partial charge in [-0.25, -0.2) is 4.79 Å². The lowest BCUT2D eigenvalue weighted by Crippen LogP contribution is -2.46. The van der Waals surface area contributed by atoms with Gasteiger partial charge in [-0.05, 0) is 51.0 Å². The molecule has 7 nitrogen and oxygen atoms in total. The van der Waals surface area contributed by atoms with Crippen LogP contribution in [0, 0.1) is 0 Å². The summed E-state index contributed by atoms with van der Waals surface area (Å²) in [5, 5.41) is 15.6. The van der Waals surface area contributed by atoms with E-state index in [0.717, 1.165) is 24.4 Å². The van der Waals surface area contributed by atoms with Crippen LogP contribution in [0.5, 0.6) is 0 Å². The van der Waals surface area contributed by atoms with Gasteiger partial charge in [-0.15, -0.1) is 10.2 Å². The molecule has 0 bridgehead atoms. The Morgan fingerprint density at radius 2 is 2.00 bits per heavy atom. The van der Waals surface area contributed by atoms with Gasteiger partial charge in [0.15, 0.2) is 0 Å². The second-order valence-electron chi connectivity index (χ2n) is 6.80. The second-order valence-corrected chi connectivity index (χ2v) is 8.24. The number of likely N-dealkylation sites (tertiary alicyclic amines) is 1. The van der Waals surface area contributed by atoms with Crippen LogP contribution in [0.4, 0.5) is 10.5 Å². The molecule has 3 amide bonds. The third-order valence-electron chi connectivity index (χ3n) is 4.21. The molecule has 0 aliphatic carbocycles. The first kappa shape index (κ1) is 19.6. The van der Waals surface area contributed by atoms with Crippen LogP contribution in [0.3, 0.4) is 0 Å². The minimum Gasteiger partial charge on any atom is -0.336 e. The summed E-state index contributed by atoms with van der Waals surface area (Å²) in [4.78, 5) is 26.4. The molecule has 0 unspecified atom stereocenters. The standard InChI is InChI=1S/C18H22ClN5O2S/c1-11(2)20-18(26)24-9-3-4-12(10-24)16-22-23-17(27-16)15(25)21-14-7-5-13(19)6-8-14/h5-8,11-12H,3-4,9-10H2,1-2H3,(H,20,26)(H,21,25)/t12-/m0/s1. The first-order chi connectivity index (χ1) is 12.9. The van der Waals surface area contributed by atoms with Crippen molar-refractivity contribution in [1.82, 2.24) is 20.4 Å². The molecule has 1 atom stereocenters. The van der Waals surface area contributed by atoms with E-state index in [4.69, 9.17) is 11.6 Å². The number of amides is 3. The maximum atomic E-state index is 12.4. The molecule has 2 heterocycles. The Labute approximate surface area is 167 Å². The number of rotatable bonds is 4. The number of aromatic nitrogens is 2. The molecule has 2 N–H and O–H groups in total. The van der Waals surface area contributed by atoms with Gasteiger partial charge in [-0.2, -0.15) is 0 Å². The summed E-state index contributed by atoms with van der Waals surface area (Å²) < 4.78 is 0. The molecule has 2 aromatic rings. The van der Waals surface area contributed by atoms with E-state index in [9.17, 15) is 9.59 Å². The number of carbonyl (C=O) groups is 2. The number of carbonyl (C=O) groups excluding carboxylic acids is 2. The summed E-state index contributed by atoms with van der Waals surface area (Å²) >= 11 is 7.13. The molecule has 1 aliphatic heterocycles. The lowest BCUT2D eigenvalue weighted by atomic mass is 9.99. The van der Waals surface area contributed by atoms with E-state index in [-0.39, 0.29) is 23.9 Å². The Morgan fingerprint density at radius 1 is 1.26 bits per heavy atom. The lowest BCUT2D eigenvalue weighted by Gasteiger charge is -2.32. The molecule has 1 aromatic heterocycles. The highest BCUT2D eigenvalue weighted by molar-refractivity contribution is 7.13. The molecule has 0 spiro atoms. The predicted molar refractivity (Wildman–Crippen MR) is 107 cm³/mol. The van der Waals surface area contributed by atoms with Gasteiger partial charge in [0.05, 0.1) is 0 Å². The summed E-state index contributed by atoms with van der Waals surface area (Å²) in [5.41, 5.74) is 0.648. The summed E-state index contributed by atoms with van der Waals surface area (Å²) in [6.45, 7) is 5.20. The number of urea groups is 1. The van der Waals surface area contributed by atoms with Gasteiger partial charge in [0.2, 0.25) is 5.01 Å². The first-order valence-electron chi connectivity index (χ1n) is 8.88. The van der Waals surface area contributed by atoms with Gasteiger partial charge < -0.3 is 15.5 Å². The first-order valence-corrected chi connectivity index (χ1v) is 10.1. The van der Waals surface area contributed by atoms with Crippen molar-refractivity contribution in [3.05, 3.63) is 39.3 Å². The Bertz CT molecular complexity index is 808. The Morgan fingerprint density at radius 3 is 2.70 bits per heavy atom. The molecule has 1 aliphatic rings. The van der Waals surface area contributed by atoms with Crippen LogP contribution in [0.2, 0.25) is 5.02 Å². The smallest absolute Gasteiger partial charge is 0.317 e. The van der Waals surface area contributed by atoms with E-state index >= 15 is 0 Å². The maximum absolute atomic E-state index is 12.4. The van der Waals surface area contributed by atoms with Crippen molar-refractivity contribution in [2.24, 2.45) is 0 Å². The average Bonchev–Trinajstić information content (AvgIpc) is 3.13. The lowest BCUT2D eigenvalue weighted by molar-refractivity contribution is 0.102. The summed E-state index contributed by atoms with van der Waals surface area (Å²) in [6.07, 6.45) is 1.83. The number of benzene rings is 1. The zero-order valence-corrected chi connectivity index (χ0v) is 16.8. The normalized spacial score (nSPS) is 17.0. The van der Waals surface area contributed by atoms with Crippen molar-refractivity contribution >= 4 is 40.6 Å². The molecule has 1 fully saturated rings. The molecule has 0 radical (unpaired) electrons. The van der Waals surface area contributed by atoms with Gasteiger partial charge in [-0.1, -0.05) is 22.9 Å². The fourth-order valence-electron chi connectivity index (χ4n) is 2.91. The summed E-state index contributed by atoms with van der Waals surface area (Å²) in [6, 6.07) is 6.93. The monoisotopic (exact) mass is 407 g/mol. The minimum absolute atomic E-state index is 0.0556. The van der Waals surface area contributed by atoms with Crippen LogP contribution in [0.25, 0.3) is 0 Å². The van der Waals surface area contributed by atoms with Gasteiger partial charge in [0.1, 0.15) is 5.01 Å². The molecule has 0 saturated carbocycles. The van der Waals surface area contributed by atoms with Crippen LogP contribution in [-0.2, 0) is 0 Å². The van der Waals surface area contributed by atoms with E-state index in [1.54, 1.807) is 24.3 Å². The zero-order valence-electron chi connectivity index (χ0n) is 15.2. The van der Waals surface area contributed by atoms with Crippen molar-refractivity contribution in [2.75, 3.05) is 18.4 Å². The number of anilines is 1. The van der Waals surface area contributed by atoms with Crippen LogP contribution < -0.4 is 10.6 Å². The van der Waals surface area contributed by atoms with Crippen molar-refractivity contribution in [1.29, 1.82) is 0 Å².